The number of sulfonamides is 1. The van der Waals surface area contributed by atoms with E-state index in [1.165, 1.54) is 6.07 Å². The average Bonchev–Trinajstić information content (AvgIpc) is 2.15. The molecule has 0 aliphatic heterocycles. The van der Waals surface area contributed by atoms with Crippen molar-refractivity contribution in [3.8, 4) is 0 Å². The van der Waals surface area contributed by atoms with Crippen molar-refractivity contribution in [2.75, 3.05) is 11.0 Å². The van der Waals surface area contributed by atoms with Crippen LogP contribution < -0.4 is 4.72 Å². The quantitative estimate of drug-likeness (QED) is 0.592. The van der Waals surface area contributed by atoms with Gasteiger partial charge >= 0.3 is 0 Å². The Labute approximate surface area is 91.9 Å². The third-order valence-corrected chi connectivity index (χ3v) is 2.36. The molecule has 0 aliphatic rings. The van der Waals surface area contributed by atoms with Gasteiger partial charge in [0.15, 0.2) is 0 Å². The van der Waals surface area contributed by atoms with Crippen molar-refractivity contribution in [3.63, 3.8) is 0 Å². The third kappa shape index (κ3) is 3.17. The van der Waals surface area contributed by atoms with Gasteiger partial charge in [-0.1, -0.05) is 0 Å². The second-order valence-corrected chi connectivity index (χ2v) is 4.88. The molecule has 1 aromatic rings. The lowest BCUT2D eigenvalue weighted by Crippen LogP contribution is -2.11. The summed E-state index contributed by atoms with van der Waals surface area (Å²) in [5.74, 6) is 0. The number of nitrogens with one attached hydrogen (secondary N) is 1. The number of nitro groups is 1. The SMILES string of the molecule is CS(=O)(=O)Nc1ccc([N+](=O)[O-])cc1CO. The summed E-state index contributed by atoms with van der Waals surface area (Å²) in [6.07, 6.45) is 0.954. The van der Waals surface area contributed by atoms with E-state index in [1.807, 2.05) is 0 Å². The summed E-state index contributed by atoms with van der Waals surface area (Å²) in [7, 11) is -3.47. The maximum absolute atomic E-state index is 11.0. The summed E-state index contributed by atoms with van der Waals surface area (Å²) in [6, 6.07) is 3.52. The zero-order valence-corrected chi connectivity index (χ0v) is 9.19. The first-order chi connectivity index (χ1) is 7.33. The minimum absolute atomic E-state index is 0.135. The van der Waals surface area contributed by atoms with Gasteiger partial charge in [0, 0.05) is 17.7 Å². The summed E-state index contributed by atoms with van der Waals surface area (Å²) in [5, 5.41) is 19.4. The minimum Gasteiger partial charge on any atom is -0.392 e. The highest BCUT2D eigenvalue weighted by Crippen LogP contribution is 2.22. The second kappa shape index (κ2) is 4.45. The molecular formula is C8H10N2O5S. The standard InChI is InChI=1S/C8H10N2O5S/c1-16(14,15)9-8-3-2-7(10(12)13)4-6(8)5-11/h2-4,9,11H,5H2,1H3. The molecule has 8 heteroatoms. The Bertz CT molecular complexity index is 511. The normalized spacial score (nSPS) is 11.1. The highest BCUT2D eigenvalue weighted by molar-refractivity contribution is 7.92. The third-order valence-electron chi connectivity index (χ3n) is 1.77. The number of rotatable bonds is 4. The van der Waals surface area contributed by atoms with Gasteiger partial charge in [-0.05, 0) is 6.07 Å². The molecule has 0 saturated carbocycles. The molecular weight excluding hydrogens is 236 g/mol. The Morgan fingerprint density at radius 1 is 1.50 bits per heavy atom. The van der Waals surface area contributed by atoms with Crippen LogP contribution in [0.5, 0.6) is 0 Å². The predicted molar refractivity (Wildman–Crippen MR) is 57.5 cm³/mol. The summed E-state index contributed by atoms with van der Waals surface area (Å²) in [4.78, 5) is 9.83. The smallest absolute Gasteiger partial charge is 0.269 e. The van der Waals surface area contributed by atoms with E-state index >= 15 is 0 Å². The van der Waals surface area contributed by atoms with Gasteiger partial charge in [0.05, 0.1) is 23.5 Å². The number of nitro benzene ring substituents is 1. The largest absolute Gasteiger partial charge is 0.392 e. The molecule has 1 rings (SSSR count). The molecule has 0 spiro atoms. The van der Waals surface area contributed by atoms with E-state index < -0.39 is 21.6 Å². The number of hydrogen-bond donors (Lipinski definition) is 2. The molecule has 7 nitrogen and oxygen atoms in total. The zero-order valence-electron chi connectivity index (χ0n) is 8.37. The number of nitrogens with zero attached hydrogens (tertiary/aromatic N) is 1. The Hall–Kier alpha value is -1.67. The highest BCUT2D eigenvalue weighted by Gasteiger charge is 2.12. The minimum atomic E-state index is -3.47. The molecule has 88 valence electrons. The highest BCUT2D eigenvalue weighted by atomic mass is 32.2. The molecule has 0 atom stereocenters. The average molecular weight is 246 g/mol. The summed E-state index contributed by atoms with van der Waals surface area (Å²) < 4.78 is 24.1. The van der Waals surface area contributed by atoms with Gasteiger partial charge < -0.3 is 5.11 Å². The van der Waals surface area contributed by atoms with Gasteiger partial charge in [-0.25, -0.2) is 8.42 Å². The van der Waals surface area contributed by atoms with Crippen LogP contribution in [0.25, 0.3) is 0 Å². The Morgan fingerprint density at radius 2 is 2.12 bits per heavy atom. The van der Waals surface area contributed by atoms with E-state index in [2.05, 4.69) is 4.72 Å². The fraction of sp³-hybridized carbons (Fsp3) is 0.250. The number of aliphatic hydroxyl groups excluding tert-OH is 1. The lowest BCUT2D eigenvalue weighted by Gasteiger charge is -2.08. The van der Waals surface area contributed by atoms with Crippen molar-refractivity contribution in [2.24, 2.45) is 0 Å². The molecule has 0 saturated heterocycles. The molecule has 2 N–H and O–H groups in total. The van der Waals surface area contributed by atoms with Crippen molar-refractivity contribution in [1.29, 1.82) is 0 Å². The molecule has 16 heavy (non-hydrogen) atoms. The molecule has 0 fully saturated rings. The van der Waals surface area contributed by atoms with Crippen LogP contribution in [0.4, 0.5) is 11.4 Å². The molecule has 0 unspecified atom stereocenters. The van der Waals surface area contributed by atoms with Crippen LogP contribution in [0, 0.1) is 10.1 Å². The van der Waals surface area contributed by atoms with E-state index in [0.29, 0.717) is 0 Å². The van der Waals surface area contributed by atoms with Gasteiger partial charge in [0.1, 0.15) is 0 Å². The topological polar surface area (TPSA) is 110 Å². The first-order valence-electron chi connectivity index (χ1n) is 4.19. The molecule has 0 bridgehead atoms. The van der Waals surface area contributed by atoms with Crippen LogP contribution in [-0.4, -0.2) is 24.7 Å². The number of anilines is 1. The molecule has 0 heterocycles. The van der Waals surface area contributed by atoms with E-state index in [9.17, 15) is 18.5 Å². The number of hydrogen-bond acceptors (Lipinski definition) is 5. The monoisotopic (exact) mass is 246 g/mol. The Morgan fingerprint density at radius 3 is 2.56 bits per heavy atom. The van der Waals surface area contributed by atoms with Crippen LogP contribution in [0.1, 0.15) is 5.56 Å². The van der Waals surface area contributed by atoms with Crippen molar-refractivity contribution in [1.82, 2.24) is 0 Å². The van der Waals surface area contributed by atoms with E-state index in [0.717, 1.165) is 18.4 Å². The molecule has 0 radical (unpaired) electrons. The maximum Gasteiger partial charge on any atom is 0.269 e. The van der Waals surface area contributed by atoms with Crippen LogP contribution in [0.15, 0.2) is 18.2 Å². The molecule has 0 aromatic heterocycles. The van der Waals surface area contributed by atoms with Crippen LogP contribution in [-0.2, 0) is 16.6 Å². The Kier molecular flexibility index (Phi) is 3.45. The van der Waals surface area contributed by atoms with E-state index in [4.69, 9.17) is 5.11 Å². The van der Waals surface area contributed by atoms with Crippen molar-refractivity contribution in [3.05, 3.63) is 33.9 Å². The van der Waals surface area contributed by atoms with Crippen molar-refractivity contribution >= 4 is 21.4 Å². The zero-order chi connectivity index (χ0) is 12.3. The first-order valence-corrected chi connectivity index (χ1v) is 6.08. The molecule has 1 aromatic carbocycles. The van der Waals surface area contributed by atoms with Gasteiger partial charge in [-0.3, -0.25) is 14.8 Å². The number of benzene rings is 1. The Balaban J connectivity index is 3.17. The van der Waals surface area contributed by atoms with Crippen LogP contribution in [0.3, 0.4) is 0 Å². The maximum atomic E-state index is 11.0. The summed E-state index contributed by atoms with van der Waals surface area (Å²) in [5.41, 5.74) is 0.0818. The number of non-ortho nitro benzene ring substituents is 1. The number of aliphatic hydroxyl groups is 1. The lowest BCUT2D eigenvalue weighted by atomic mass is 10.2. The van der Waals surface area contributed by atoms with Crippen LogP contribution in [0.2, 0.25) is 0 Å². The predicted octanol–water partition coefficient (Wildman–Crippen LogP) is 0.459. The fourth-order valence-electron chi connectivity index (χ4n) is 1.12. The van der Waals surface area contributed by atoms with Crippen molar-refractivity contribution in [2.45, 2.75) is 6.61 Å². The molecule has 0 aliphatic carbocycles. The summed E-state index contributed by atoms with van der Waals surface area (Å²) >= 11 is 0. The van der Waals surface area contributed by atoms with E-state index in [-0.39, 0.29) is 16.9 Å². The van der Waals surface area contributed by atoms with Crippen LogP contribution >= 0.6 is 0 Å². The first kappa shape index (κ1) is 12.4. The van der Waals surface area contributed by atoms with Gasteiger partial charge in [0.2, 0.25) is 10.0 Å². The van der Waals surface area contributed by atoms with Gasteiger partial charge in [-0.15, -0.1) is 0 Å². The van der Waals surface area contributed by atoms with E-state index in [1.54, 1.807) is 0 Å². The van der Waals surface area contributed by atoms with Gasteiger partial charge in [-0.2, -0.15) is 0 Å². The second-order valence-electron chi connectivity index (χ2n) is 3.13. The van der Waals surface area contributed by atoms with Crippen molar-refractivity contribution < 1.29 is 18.4 Å². The summed E-state index contributed by atoms with van der Waals surface area (Å²) in [6.45, 7) is -0.487. The van der Waals surface area contributed by atoms with Gasteiger partial charge in [0.25, 0.3) is 5.69 Å². The fourth-order valence-corrected chi connectivity index (χ4v) is 1.72. The lowest BCUT2D eigenvalue weighted by molar-refractivity contribution is -0.384. The molecule has 0 amide bonds.